The highest BCUT2D eigenvalue weighted by molar-refractivity contribution is 5.84. The minimum atomic E-state index is -1.84. The van der Waals surface area contributed by atoms with E-state index in [2.05, 4.69) is 4.98 Å². The van der Waals surface area contributed by atoms with Gasteiger partial charge in [-0.2, -0.15) is 0 Å². The van der Waals surface area contributed by atoms with Crippen LogP contribution in [0.1, 0.15) is 20.3 Å². The Balaban J connectivity index is 2.02. The van der Waals surface area contributed by atoms with Crippen molar-refractivity contribution in [1.29, 1.82) is 0 Å². The van der Waals surface area contributed by atoms with Crippen molar-refractivity contribution in [2.75, 3.05) is 32.1 Å². The summed E-state index contributed by atoms with van der Waals surface area (Å²) in [5.41, 5.74) is -1.84. The third kappa shape index (κ3) is 3.62. The molecule has 6 heteroatoms. The first-order chi connectivity index (χ1) is 9.79. The predicted molar refractivity (Wildman–Crippen MR) is 79.4 cm³/mol. The molecular formula is C15H22FN3O2. The van der Waals surface area contributed by atoms with E-state index in [1.54, 1.807) is 6.20 Å². The Bertz CT molecular complexity index is 514. The van der Waals surface area contributed by atoms with E-state index in [1.165, 1.54) is 18.7 Å². The third-order valence-electron chi connectivity index (χ3n) is 3.41. The number of pyridine rings is 1. The van der Waals surface area contributed by atoms with Crippen molar-refractivity contribution in [3.63, 3.8) is 0 Å². The molecule has 2 heterocycles. The number of aromatic nitrogens is 1. The average molecular weight is 295 g/mol. The number of alkyl halides is 1. The van der Waals surface area contributed by atoms with Crippen molar-refractivity contribution in [2.45, 2.75) is 32.0 Å². The maximum Gasteiger partial charge on any atom is 0.259 e. The third-order valence-corrected chi connectivity index (χ3v) is 3.41. The highest BCUT2D eigenvalue weighted by Gasteiger charge is 2.36. The number of rotatable bonds is 4. The quantitative estimate of drug-likeness (QED) is 0.851. The molecule has 0 N–H and O–H groups in total. The number of anilines is 1. The van der Waals surface area contributed by atoms with Crippen molar-refractivity contribution < 1.29 is 13.9 Å². The van der Waals surface area contributed by atoms with Gasteiger partial charge in [-0.15, -0.1) is 0 Å². The molecule has 0 radical (unpaired) electrons. The molecule has 1 aromatic heterocycles. The molecule has 21 heavy (non-hydrogen) atoms. The Labute approximate surface area is 124 Å². The van der Waals surface area contributed by atoms with Crippen LogP contribution in [0, 0.1) is 0 Å². The van der Waals surface area contributed by atoms with E-state index in [-0.39, 0.29) is 6.10 Å². The van der Waals surface area contributed by atoms with Gasteiger partial charge in [-0.3, -0.25) is 4.79 Å². The monoisotopic (exact) mass is 295 g/mol. The molecule has 1 amide bonds. The largest absolute Gasteiger partial charge is 0.485 e. The van der Waals surface area contributed by atoms with Gasteiger partial charge in [0.05, 0.1) is 6.54 Å². The zero-order chi connectivity index (χ0) is 15.6. The van der Waals surface area contributed by atoms with E-state index in [0.29, 0.717) is 25.3 Å². The fourth-order valence-electron chi connectivity index (χ4n) is 2.37. The molecule has 0 bridgehead atoms. The lowest BCUT2D eigenvalue weighted by molar-refractivity contribution is -0.141. The van der Waals surface area contributed by atoms with E-state index in [1.807, 2.05) is 31.1 Å². The summed E-state index contributed by atoms with van der Waals surface area (Å²) in [6.07, 6.45) is 2.28. The summed E-state index contributed by atoms with van der Waals surface area (Å²) in [7, 11) is 3.79. The Morgan fingerprint density at radius 2 is 2.24 bits per heavy atom. The van der Waals surface area contributed by atoms with Gasteiger partial charge in [-0.25, -0.2) is 9.37 Å². The van der Waals surface area contributed by atoms with Crippen LogP contribution >= 0.6 is 0 Å². The molecule has 116 valence electrons. The van der Waals surface area contributed by atoms with Crippen molar-refractivity contribution in [2.24, 2.45) is 0 Å². The zero-order valence-electron chi connectivity index (χ0n) is 13.0. The van der Waals surface area contributed by atoms with Gasteiger partial charge in [-0.1, -0.05) is 0 Å². The lowest BCUT2D eigenvalue weighted by Gasteiger charge is -2.23. The molecule has 1 aromatic rings. The lowest BCUT2D eigenvalue weighted by atomic mass is 10.1. The fraction of sp³-hybridized carbons (Fsp3) is 0.600. The molecule has 1 aliphatic heterocycles. The Kier molecular flexibility index (Phi) is 4.34. The molecule has 0 unspecified atom stereocenters. The first-order valence-electron chi connectivity index (χ1n) is 7.06. The van der Waals surface area contributed by atoms with Crippen LogP contribution in [0.2, 0.25) is 0 Å². The molecule has 0 saturated carbocycles. The molecule has 0 aliphatic carbocycles. The molecule has 0 spiro atoms. The molecular weight excluding hydrogens is 273 g/mol. The topological polar surface area (TPSA) is 45.7 Å². The zero-order valence-corrected chi connectivity index (χ0v) is 13.0. The van der Waals surface area contributed by atoms with E-state index >= 15 is 0 Å². The van der Waals surface area contributed by atoms with E-state index in [0.717, 1.165) is 5.82 Å². The first kappa shape index (κ1) is 15.5. The van der Waals surface area contributed by atoms with E-state index in [4.69, 9.17) is 4.74 Å². The van der Waals surface area contributed by atoms with Gasteiger partial charge in [0.25, 0.3) is 5.91 Å². The van der Waals surface area contributed by atoms with Gasteiger partial charge in [0, 0.05) is 33.3 Å². The Hall–Kier alpha value is -1.85. The highest BCUT2D eigenvalue weighted by atomic mass is 19.1. The van der Waals surface area contributed by atoms with Crippen LogP contribution < -0.4 is 9.64 Å². The minimum Gasteiger partial charge on any atom is -0.485 e. The standard InChI is InChI=1S/C15H22FN3O2/c1-15(2,16)14(20)19-9-7-11(10-19)21-12-6-5-8-17-13(12)18(3)4/h5-6,8,11H,7,9-10H2,1-4H3/t11-/m0/s1. The van der Waals surface area contributed by atoms with Crippen LogP contribution in [0.5, 0.6) is 5.75 Å². The normalized spacial score (nSPS) is 18.7. The second-order valence-corrected chi connectivity index (χ2v) is 5.97. The summed E-state index contributed by atoms with van der Waals surface area (Å²) < 4.78 is 19.6. The highest BCUT2D eigenvalue weighted by Crippen LogP contribution is 2.27. The first-order valence-corrected chi connectivity index (χ1v) is 7.06. The van der Waals surface area contributed by atoms with Gasteiger partial charge >= 0.3 is 0 Å². The fourth-order valence-corrected chi connectivity index (χ4v) is 2.37. The number of likely N-dealkylation sites (tertiary alicyclic amines) is 1. The second-order valence-electron chi connectivity index (χ2n) is 5.97. The maximum absolute atomic E-state index is 13.7. The number of hydrogen-bond donors (Lipinski definition) is 0. The van der Waals surface area contributed by atoms with E-state index < -0.39 is 11.6 Å². The van der Waals surface area contributed by atoms with Crippen molar-refractivity contribution in [3.05, 3.63) is 18.3 Å². The average Bonchev–Trinajstić information content (AvgIpc) is 2.85. The summed E-state index contributed by atoms with van der Waals surface area (Å²) in [4.78, 5) is 19.6. The van der Waals surface area contributed by atoms with Crippen molar-refractivity contribution >= 4 is 11.7 Å². The van der Waals surface area contributed by atoms with Gasteiger partial charge in [0.1, 0.15) is 6.10 Å². The molecule has 1 fully saturated rings. The summed E-state index contributed by atoms with van der Waals surface area (Å²) in [6.45, 7) is 3.51. The maximum atomic E-state index is 13.7. The second kappa shape index (κ2) is 5.87. The van der Waals surface area contributed by atoms with Crippen LogP contribution in [0.4, 0.5) is 10.2 Å². The van der Waals surface area contributed by atoms with Crippen molar-refractivity contribution in [1.82, 2.24) is 9.88 Å². The molecule has 1 aliphatic rings. The van der Waals surface area contributed by atoms with Crippen LogP contribution in [-0.2, 0) is 4.79 Å². The SMILES string of the molecule is CN(C)c1ncccc1O[C@H]1CCN(C(=O)C(C)(C)F)C1. The van der Waals surface area contributed by atoms with Gasteiger partial charge in [0.2, 0.25) is 0 Å². The lowest BCUT2D eigenvalue weighted by Crippen LogP contribution is -2.42. The Morgan fingerprint density at radius 1 is 1.52 bits per heavy atom. The number of carbonyl (C=O) groups excluding carboxylic acids is 1. The number of nitrogens with zero attached hydrogens (tertiary/aromatic N) is 3. The predicted octanol–water partition coefficient (Wildman–Crippen LogP) is 1.88. The Morgan fingerprint density at radius 3 is 2.86 bits per heavy atom. The van der Waals surface area contributed by atoms with Gasteiger partial charge in [-0.05, 0) is 26.0 Å². The number of hydrogen-bond acceptors (Lipinski definition) is 4. The number of amides is 1. The van der Waals surface area contributed by atoms with Crippen LogP contribution in [0.25, 0.3) is 0 Å². The molecule has 0 aromatic carbocycles. The van der Waals surface area contributed by atoms with Crippen molar-refractivity contribution in [3.8, 4) is 5.75 Å². The smallest absolute Gasteiger partial charge is 0.259 e. The number of carbonyl (C=O) groups is 1. The number of halogens is 1. The van der Waals surface area contributed by atoms with Gasteiger partial charge < -0.3 is 14.5 Å². The van der Waals surface area contributed by atoms with Crippen LogP contribution in [0.3, 0.4) is 0 Å². The minimum absolute atomic E-state index is 0.126. The molecule has 1 saturated heterocycles. The van der Waals surface area contributed by atoms with Gasteiger partial charge in [0.15, 0.2) is 17.2 Å². The summed E-state index contributed by atoms with van der Waals surface area (Å²) >= 11 is 0. The molecule has 5 nitrogen and oxygen atoms in total. The summed E-state index contributed by atoms with van der Waals surface area (Å²) in [5, 5.41) is 0. The molecule has 2 rings (SSSR count). The van der Waals surface area contributed by atoms with Crippen LogP contribution in [-0.4, -0.2) is 54.7 Å². The van der Waals surface area contributed by atoms with E-state index in [9.17, 15) is 9.18 Å². The molecule has 1 atom stereocenters. The summed E-state index contributed by atoms with van der Waals surface area (Å²) in [6, 6.07) is 3.66. The summed E-state index contributed by atoms with van der Waals surface area (Å²) in [5.74, 6) is 0.946. The van der Waals surface area contributed by atoms with Crippen LogP contribution in [0.15, 0.2) is 18.3 Å². The number of ether oxygens (including phenoxy) is 1.